The summed E-state index contributed by atoms with van der Waals surface area (Å²) in [4.78, 5) is 20.1. The SMILES string of the molecule is Cc1noc(C(C)(C)NC(=O)c2ccncc2Cl)n1. The molecule has 1 amide bonds. The van der Waals surface area contributed by atoms with Crippen LogP contribution in [0.15, 0.2) is 23.0 Å². The number of nitrogens with zero attached hydrogens (tertiary/aromatic N) is 3. The molecule has 2 aromatic rings. The summed E-state index contributed by atoms with van der Waals surface area (Å²) < 4.78 is 5.07. The summed E-state index contributed by atoms with van der Waals surface area (Å²) in [6.45, 7) is 5.25. The number of carbonyl (C=O) groups excluding carboxylic acids is 1. The lowest BCUT2D eigenvalue weighted by molar-refractivity contribution is 0.0895. The second-order valence-electron chi connectivity index (χ2n) is 4.58. The maximum absolute atomic E-state index is 12.1. The highest BCUT2D eigenvalue weighted by Gasteiger charge is 2.30. The van der Waals surface area contributed by atoms with Crippen molar-refractivity contribution in [2.45, 2.75) is 26.3 Å². The molecule has 6 nitrogen and oxygen atoms in total. The summed E-state index contributed by atoms with van der Waals surface area (Å²) in [5.74, 6) is 0.524. The van der Waals surface area contributed by atoms with Crippen LogP contribution in [0.4, 0.5) is 0 Å². The Hall–Kier alpha value is -1.95. The quantitative estimate of drug-likeness (QED) is 0.931. The van der Waals surface area contributed by atoms with E-state index in [1.165, 1.54) is 12.4 Å². The standard InChI is InChI=1S/C12H13ClN4O2/c1-7-15-11(19-17-7)12(2,3)16-10(18)8-4-5-14-6-9(8)13/h4-6H,1-3H3,(H,16,18). The summed E-state index contributed by atoms with van der Waals surface area (Å²) in [6.07, 6.45) is 2.92. The van der Waals surface area contributed by atoms with Crippen molar-refractivity contribution in [3.63, 3.8) is 0 Å². The molecule has 1 N–H and O–H groups in total. The monoisotopic (exact) mass is 280 g/mol. The molecular weight excluding hydrogens is 268 g/mol. The molecule has 0 aliphatic carbocycles. The minimum atomic E-state index is -0.787. The molecule has 0 atom stereocenters. The van der Waals surface area contributed by atoms with Crippen LogP contribution in [0.25, 0.3) is 0 Å². The fourth-order valence-electron chi connectivity index (χ4n) is 1.51. The minimum Gasteiger partial charge on any atom is -0.338 e. The van der Waals surface area contributed by atoms with Gasteiger partial charge >= 0.3 is 0 Å². The number of rotatable bonds is 3. The lowest BCUT2D eigenvalue weighted by atomic mass is 10.0. The Morgan fingerprint density at radius 1 is 1.47 bits per heavy atom. The van der Waals surface area contributed by atoms with E-state index in [9.17, 15) is 4.79 Å². The van der Waals surface area contributed by atoms with Gasteiger partial charge < -0.3 is 9.84 Å². The van der Waals surface area contributed by atoms with Crippen LogP contribution in [-0.2, 0) is 5.54 Å². The van der Waals surface area contributed by atoms with Crippen molar-refractivity contribution in [3.8, 4) is 0 Å². The van der Waals surface area contributed by atoms with Crippen molar-refractivity contribution in [2.75, 3.05) is 0 Å². The Morgan fingerprint density at radius 3 is 2.79 bits per heavy atom. The maximum atomic E-state index is 12.1. The first kappa shape index (κ1) is 13.5. The molecule has 0 aliphatic heterocycles. The number of amides is 1. The van der Waals surface area contributed by atoms with Gasteiger partial charge in [-0.2, -0.15) is 4.98 Å². The van der Waals surface area contributed by atoms with E-state index in [-0.39, 0.29) is 10.9 Å². The molecule has 0 radical (unpaired) electrons. The Kier molecular flexibility index (Phi) is 3.53. The molecule has 19 heavy (non-hydrogen) atoms. The van der Waals surface area contributed by atoms with Crippen LogP contribution >= 0.6 is 11.6 Å². The summed E-state index contributed by atoms with van der Waals surface area (Å²) >= 11 is 5.92. The normalized spacial score (nSPS) is 11.4. The fourth-order valence-corrected chi connectivity index (χ4v) is 1.72. The molecule has 0 aromatic carbocycles. The molecular formula is C12H13ClN4O2. The number of pyridine rings is 1. The molecule has 2 heterocycles. The fraction of sp³-hybridized carbons (Fsp3) is 0.333. The molecule has 0 spiro atoms. The number of nitrogens with one attached hydrogen (secondary N) is 1. The van der Waals surface area contributed by atoms with Crippen LogP contribution in [0, 0.1) is 6.92 Å². The zero-order valence-corrected chi connectivity index (χ0v) is 11.5. The van der Waals surface area contributed by atoms with Gasteiger partial charge in [0.1, 0.15) is 5.54 Å². The van der Waals surface area contributed by atoms with E-state index in [4.69, 9.17) is 16.1 Å². The molecule has 7 heteroatoms. The van der Waals surface area contributed by atoms with Crippen LogP contribution < -0.4 is 5.32 Å². The second kappa shape index (κ2) is 4.97. The van der Waals surface area contributed by atoms with Crippen molar-refractivity contribution in [1.29, 1.82) is 0 Å². The number of carbonyl (C=O) groups is 1. The molecule has 0 fully saturated rings. The van der Waals surface area contributed by atoms with Gasteiger partial charge in [0.2, 0.25) is 0 Å². The first-order chi connectivity index (χ1) is 8.90. The number of hydrogen-bond donors (Lipinski definition) is 1. The van der Waals surface area contributed by atoms with E-state index in [2.05, 4.69) is 20.4 Å². The van der Waals surface area contributed by atoms with E-state index < -0.39 is 5.54 Å². The van der Waals surface area contributed by atoms with E-state index in [0.29, 0.717) is 17.3 Å². The van der Waals surface area contributed by atoms with Crippen LogP contribution in [0.3, 0.4) is 0 Å². The zero-order chi connectivity index (χ0) is 14.0. The van der Waals surface area contributed by atoms with Crippen molar-refractivity contribution in [2.24, 2.45) is 0 Å². The summed E-state index contributed by atoms with van der Waals surface area (Å²) in [5.41, 5.74) is -0.439. The molecule has 2 rings (SSSR count). The molecule has 0 aliphatic rings. The van der Waals surface area contributed by atoms with Crippen LogP contribution in [0.1, 0.15) is 35.9 Å². The number of hydrogen-bond acceptors (Lipinski definition) is 5. The van der Waals surface area contributed by atoms with Gasteiger partial charge in [0.25, 0.3) is 11.8 Å². The highest BCUT2D eigenvalue weighted by atomic mass is 35.5. The van der Waals surface area contributed by atoms with Crippen LogP contribution in [-0.4, -0.2) is 21.0 Å². The van der Waals surface area contributed by atoms with Crippen molar-refractivity contribution in [3.05, 3.63) is 40.8 Å². The predicted octanol–water partition coefficient (Wildman–Crippen LogP) is 2.09. The Balaban J connectivity index is 2.21. The van der Waals surface area contributed by atoms with Gasteiger partial charge in [-0.1, -0.05) is 16.8 Å². The van der Waals surface area contributed by atoms with E-state index in [1.54, 1.807) is 26.8 Å². The Bertz CT molecular complexity index is 609. The largest absolute Gasteiger partial charge is 0.338 e. The van der Waals surface area contributed by atoms with Crippen LogP contribution in [0.2, 0.25) is 5.02 Å². The molecule has 2 aromatic heterocycles. The zero-order valence-electron chi connectivity index (χ0n) is 10.8. The average molecular weight is 281 g/mol. The van der Waals surface area contributed by atoms with Gasteiger partial charge in [-0.05, 0) is 26.8 Å². The van der Waals surface area contributed by atoms with Crippen molar-refractivity contribution < 1.29 is 9.32 Å². The van der Waals surface area contributed by atoms with Crippen molar-refractivity contribution >= 4 is 17.5 Å². The number of halogens is 1. The number of aromatic nitrogens is 3. The predicted molar refractivity (Wildman–Crippen MR) is 68.8 cm³/mol. The van der Waals surface area contributed by atoms with E-state index in [1.807, 2.05) is 0 Å². The number of aryl methyl sites for hydroxylation is 1. The first-order valence-corrected chi connectivity index (χ1v) is 6.01. The lowest BCUT2D eigenvalue weighted by Crippen LogP contribution is -2.41. The molecule has 100 valence electrons. The first-order valence-electron chi connectivity index (χ1n) is 5.63. The molecule has 0 unspecified atom stereocenters. The summed E-state index contributed by atoms with van der Waals surface area (Å²) in [7, 11) is 0. The van der Waals surface area contributed by atoms with Gasteiger partial charge in [0.15, 0.2) is 5.82 Å². The highest BCUT2D eigenvalue weighted by molar-refractivity contribution is 6.33. The topological polar surface area (TPSA) is 80.9 Å². The molecule has 0 saturated carbocycles. The van der Waals surface area contributed by atoms with Gasteiger partial charge in [0.05, 0.1) is 10.6 Å². The Labute approximate surface area is 115 Å². The third-order valence-electron chi connectivity index (χ3n) is 2.51. The maximum Gasteiger partial charge on any atom is 0.253 e. The van der Waals surface area contributed by atoms with Gasteiger partial charge in [-0.3, -0.25) is 9.78 Å². The van der Waals surface area contributed by atoms with Crippen LogP contribution in [0.5, 0.6) is 0 Å². The highest BCUT2D eigenvalue weighted by Crippen LogP contribution is 2.20. The summed E-state index contributed by atoms with van der Waals surface area (Å²) in [5, 5.41) is 6.79. The van der Waals surface area contributed by atoms with E-state index in [0.717, 1.165) is 0 Å². The van der Waals surface area contributed by atoms with Gasteiger partial charge in [-0.25, -0.2) is 0 Å². The van der Waals surface area contributed by atoms with Crippen molar-refractivity contribution in [1.82, 2.24) is 20.4 Å². The van der Waals surface area contributed by atoms with Gasteiger partial charge in [0, 0.05) is 12.4 Å². The average Bonchev–Trinajstić information content (AvgIpc) is 2.76. The molecule has 0 saturated heterocycles. The van der Waals surface area contributed by atoms with Gasteiger partial charge in [-0.15, -0.1) is 0 Å². The van der Waals surface area contributed by atoms with E-state index >= 15 is 0 Å². The third kappa shape index (κ3) is 2.90. The lowest BCUT2D eigenvalue weighted by Gasteiger charge is -2.21. The second-order valence-corrected chi connectivity index (χ2v) is 4.99. The third-order valence-corrected chi connectivity index (χ3v) is 2.81. The Morgan fingerprint density at radius 2 is 2.21 bits per heavy atom. The minimum absolute atomic E-state index is 0.289. The smallest absolute Gasteiger partial charge is 0.253 e. The summed E-state index contributed by atoms with van der Waals surface area (Å²) in [6, 6.07) is 1.55. The molecule has 0 bridgehead atoms.